The molecule has 0 aliphatic rings. The fourth-order valence-electron chi connectivity index (χ4n) is 1.06. The number of alkyl halides is 3. The van der Waals surface area contributed by atoms with E-state index in [1.165, 1.54) is 0 Å². The Bertz CT molecular complexity index is 444. The lowest BCUT2D eigenvalue weighted by atomic mass is 10.2. The van der Waals surface area contributed by atoms with Gasteiger partial charge in [-0.15, -0.1) is 0 Å². The van der Waals surface area contributed by atoms with Gasteiger partial charge in [0.1, 0.15) is 23.7 Å². The van der Waals surface area contributed by atoms with Gasteiger partial charge in [0.25, 0.3) is 0 Å². The molecular weight excluding hydrogens is 260 g/mol. The molecule has 1 aromatic carbocycles. The number of carbonyl (C=O) groups is 1. The Morgan fingerprint density at radius 2 is 2.00 bits per heavy atom. The third-order valence-corrected chi connectivity index (χ3v) is 1.95. The smallest absolute Gasteiger partial charge is 0.417 e. The van der Waals surface area contributed by atoms with Crippen LogP contribution in [0.5, 0.6) is 5.75 Å². The summed E-state index contributed by atoms with van der Waals surface area (Å²) in [6, 6.07) is 2.32. The lowest BCUT2D eigenvalue weighted by Crippen LogP contribution is -2.34. The third kappa shape index (κ3) is 3.59. The molecule has 2 N–H and O–H groups in total. The van der Waals surface area contributed by atoms with E-state index in [1.54, 1.807) is 0 Å². The minimum absolute atomic E-state index is 0.452. The van der Waals surface area contributed by atoms with Crippen LogP contribution in [0.15, 0.2) is 18.2 Å². The van der Waals surface area contributed by atoms with E-state index >= 15 is 0 Å². The van der Waals surface area contributed by atoms with Gasteiger partial charge in [0, 0.05) is 0 Å². The molecule has 0 heterocycles. The van der Waals surface area contributed by atoms with Gasteiger partial charge < -0.3 is 14.9 Å². The molecule has 0 fully saturated rings. The molecule has 4 nitrogen and oxygen atoms in total. The minimum Gasteiger partial charge on any atom is -0.490 e. The van der Waals surface area contributed by atoms with Crippen LogP contribution in [0, 0.1) is 5.82 Å². The summed E-state index contributed by atoms with van der Waals surface area (Å²) in [5, 5.41) is 17.3. The van der Waals surface area contributed by atoms with Crippen molar-refractivity contribution in [1.82, 2.24) is 0 Å². The molecule has 1 unspecified atom stereocenters. The summed E-state index contributed by atoms with van der Waals surface area (Å²) in [6.07, 6.45) is -7.62. The first-order valence-electron chi connectivity index (χ1n) is 4.62. The first kappa shape index (κ1) is 14.2. The molecule has 0 aliphatic heterocycles. The molecule has 0 radical (unpaired) electrons. The van der Waals surface area contributed by atoms with Crippen LogP contribution in [-0.2, 0) is 0 Å². The van der Waals surface area contributed by atoms with Crippen LogP contribution in [0.4, 0.5) is 17.6 Å². The molecule has 18 heavy (non-hydrogen) atoms. The number of halogens is 4. The second-order valence-electron chi connectivity index (χ2n) is 3.31. The van der Waals surface area contributed by atoms with Crippen molar-refractivity contribution in [2.45, 2.75) is 12.3 Å². The molecule has 1 aromatic rings. The number of aromatic carboxylic acids is 1. The summed E-state index contributed by atoms with van der Waals surface area (Å²) in [5.41, 5.74) is -0.621. The van der Waals surface area contributed by atoms with Crippen LogP contribution in [0.1, 0.15) is 10.4 Å². The number of hydrogen-bond donors (Lipinski definition) is 2. The van der Waals surface area contributed by atoms with E-state index in [9.17, 15) is 22.4 Å². The van der Waals surface area contributed by atoms with Crippen LogP contribution in [-0.4, -0.2) is 35.1 Å². The first-order valence-corrected chi connectivity index (χ1v) is 4.62. The fraction of sp³-hybridized carbons (Fsp3) is 0.300. The maximum Gasteiger partial charge on any atom is 0.417 e. The van der Waals surface area contributed by atoms with E-state index in [2.05, 4.69) is 4.74 Å². The van der Waals surface area contributed by atoms with Crippen LogP contribution in [0.2, 0.25) is 0 Å². The van der Waals surface area contributed by atoms with Crippen molar-refractivity contribution in [3.8, 4) is 5.75 Å². The quantitative estimate of drug-likeness (QED) is 0.817. The number of carboxylic acid groups (broad SMARTS) is 1. The number of carboxylic acids is 1. The van der Waals surface area contributed by atoms with Crippen molar-refractivity contribution in [2.75, 3.05) is 6.61 Å². The summed E-state index contributed by atoms with van der Waals surface area (Å²) in [4.78, 5) is 10.7. The zero-order valence-corrected chi connectivity index (χ0v) is 8.74. The fourth-order valence-corrected chi connectivity index (χ4v) is 1.06. The molecule has 0 aliphatic carbocycles. The zero-order valence-electron chi connectivity index (χ0n) is 8.74. The molecular formula is C10H8F4O4. The Hall–Kier alpha value is -1.83. The standard InChI is InChI=1S/C10H8F4O4/c11-5-1-2-7(6(3-5)9(16)17)18-4-8(15)10(12,13)14/h1-3,8,15H,4H2,(H,16,17). The summed E-state index contributed by atoms with van der Waals surface area (Å²) in [6.45, 7) is -1.17. The SMILES string of the molecule is O=C(O)c1cc(F)ccc1OCC(O)C(F)(F)F. The molecule has 0 aromatic heterocycles. The van der Waals surface area contributed by atoms with Gasteiger partial charge in [-0.2, -0.15) is 13.2 Å². The maximum atomic E-state index is 12.7. The number of hydrogen-bond acceptors (Lipinski definition) is 3. The first-order chi connectivity index (χ1) is 8.21. The van der Waals surface area contributed by atoms with Gasteiger partial charge in [0.15, 0.2) is 6.10 Å². The molecule has 0 saturated heterocycles. The highest BCUT2D eigenvalue weighted by Crippen LogP contribution is 2.23. The van der Waals surface area contributed by atoms with Crippen LogP contribution >= 0.6 is 0 Å². The second-order valence-corrected chi connectivity index (χ2v) is 3.31. The lowest BCUT2D eigenvalue weighted by molar-refractivity contribution is -0.210. The third-order valence-electron chi connectivity index (χ3n) is 1.95. The Morgan fingerprint density at radius 3 is 2.50 bits per heavy atom. The Morgan fingerprint density at radius 1 is 1.39 bits per heavy atom. The highest BCUT2D eigenvalue weighted by Gasteiger charge is 2.38. The highest BCUT2D eigenvalue weighted by atomic mass is 19.4. The van der Waals surface area contributed by atoms with Crippen LogP contribution in [0.3, 0.4) is 0 Å². The molecule has 1 atom stereocenters. The van der Waals surface area contributed by atoms with Gasteiger partial charge in [0.2, 0.25) is 0 Å². The van der Waals surface area contributed by atoms with Crippen molar-refractivity contribution < 1.29 is 37.3 Å². The van der Waals surface area contributed by atoms with Crippen molar-refractivity contribution in [3.63, 3.8) is 0 Å². The zero-order chi connectivity index (χ0) is 13.9. The van der Waals surface area contributed by atoms with Crippen molar-refractivity contribution >= 4 is 5.97 Å². The normalized spacial score (nSPS) is 13.2. The number of rotatable bonds is 4. The molecule has 1 rings (SSSR count). The average Bonchev–Trinajstić information content (AvgIpc) is 2.25. The van der Waals surface area contributed by atoms with E-state index in [1.807, 2.05) is 0 Å². The molecule has 0 bridgehead atoms. The van der Waals surface area contributed by atoms with Crippen molar-refractivity contribution in [2.24, 2.45) is 0 Å². The summed E-state index contributed by atoms with van der Waals surface area (Å²) in [5.74, 6) is -2.87. The number of aliphatic hydroxyl groups excluding tert-OH is 1. The Balaban J connectivity index is 2.82. The van der Waals surface area contributed by atoms with E-state index < -0.39 is 42.0 Å². The monoisotopic (exact) mass is 268 g/mol. The van der Waals surface area contributed by atoms with Gasteiger partial charge in [-0.05, 0) is 18.2 Å². The Labute approximate surface area is 98.4 Å². The van der Waals surface area contributed by atoms with Gasteiger partial charge in [-0.3, -0.25) is 0 Å². The summed E-state index contributed by atoms with van der Waals surface area (Å²) >= 11 is 0. The van der Waals surface area contributed by atoms with Gasteiger partial charge in [-0.25, -0.2) is 9.18 Å². The minimum atomic E-state index is -4.87. The number of ether oxygens (including phenoxy) is 1. The predicted molar refractivity (Wildman–Crippen MR) is 50.9 cm³/mol. The maximum absolute atomic E-state index is 12.7. The topological polar surface area (TPSA) is 66.8 Å². The highest BCUT2D eigenvalue weighted by molar-refractivity contribution is 5.90. The van der Waals surface area contributed by atoms with Crippen molar-refractivity contribution in [1.29, 1.82) is 0 Å². The van der Waals surface area contributed by atoms with E-state index in [0.717, 1.165) is 12.1 Å². The molecule has 100 valence electrons. The number of aliphatic hydroxyl groups is 1. The lowest BCUT2D eigenvalue weighted by Gasteiger charge is -2.16. The second kappa shape index (κ2) is 5.21. The van der Waals surface area contributed by atoms with Crippen LogP contribution < -0.4 is 4.74 Å². The van der Waals surface area contributed by atoms with E-state index in [4.69, 9.17) is 10.2 Å². The van der Waals surface area contributed by atoms with E-state index in [0.29, 0.717) is 6.07 Å². The number of benzene rings is 1. The molecule has 8 heteroatoms. The summed E-state index contributed by atoms with van der Waals surface area (Å²) in [7, 11) is 0. The molecule has 0 spiro atoms. The van der Waals surface area contributed by atoms with Gasteiger partial charge >= 0.3 is 12.1 Å². The molecule has 0 saturated carbocycles. The Kier molecular flexibility index (Phi) is 4.12. The largest absolute Gasteiger partial charge is 0.490 e. The predicted octanol–water partition coefficient (Wildman–Crippen LogP) is 1.83. The average molecular weight is 268 g/mol. The van der Waals surface area contributed by atoms with E-state index in [-0.39, 0.29) is 0 Å². The summed E-state index contributed by atoms with van der Waals surface area (Å²) < 4.78 is 53.2. The van der Waals surface area contributed by atoms with Crippen molar-refractivity contribution in [3.05, 3.63) is 29.6 Å². The van der Waals surface area contributed by atoms with Crippen LogP contribution in [0.25, 0.3) is 0 Å². The van der Waals surface area contributed by atoms with Gasteiger partial charge in [-0.1, -0.05) is 0 Å². The molecule has 0 amide bonds. The van der Waals surface area contributed by atoms with Gasteiger partial charge in [0.05, 0.1) is 0 Å².